The molecule has 10 heteroatoms. The van der Waals surface area contributed by atoms with Crippen LogP contribution in [0.25, 0.3) is 10.6 Å². The highest BCUT2D eigenvalue weighted by atomic mass is 32.1. The van der Waals surface area contributed by atoms with Crippen molar-refractivity contribution in [2.45, 2.75) is 51.1 Å². The summed E-state index contributed by atoms with van der Waals surface area (Å²) in [5.74, 6) is 0.0959. The van der Waals surface area contributed by atoms with Crippen LogP contribution in [0.1, 0.15) is 54.2 Å². The number of nitrogens with one attached hydrogen (secondary N) is 1. The topological polar surface area (TPSA) is 115 Å². The quantitative estimate of drug-likeness (QED) is 0.521. The smallest absolute Gasteiger partial charge is 0.277 e. The van der Waals surface area contributed by atoms with Crippen LogP contribution in [0.3, 0.4) is 0 Å². The molecule has 1 amide bonds. The summed E-state index contributed by atoms with van der Waals surface area (Å²) in [6, 6.07) is 5.35. The molecule has 5 N–H and O–H groups in total. The van der Waals surface area contributed by atoms with Crippen LogP contribution in [0.4, 0.5) is 20.9 Å². The SMILES string of the molecule is Cc1ccc(F)c(-c2nc(C(=O)Nc3cnn(C4CC4)c3N3CCC[C@@H](N)CC3)c(N)s2)c1. The van der Waals surface area contributed by atoms with E-state index < -0.39 is 11.7 Å². The maximum atomic E-state index is 14.3. The summed E-state index contributed by atoms with van der Waals surface area (Å²) in [5, 5.41) is 8.18. The Labute approximate surface area is 195 Å². The van der Waals surface area contributed by atoms with Gasteiger partial charge in [-0.05, 0) is 51.2 Å². The number of hydrogen-bond acceptors (Lipinski definition) is 7. The van der Waals surface area contributed by atoms with E-state index in [1.807, 2.05) is 11.6 Å². The molecule has 2 aliphatic rings. The monoisotopic (exact) mass is 469 g/mol. The molecule has 0 spiro atoms. The van der Waals surface area contributed by atoms with E-state index >= 15 is 0 Å². The average molecular weight is 470 g/mol. The Bertz CT molecular complexity index is 1190. The fourth-order valence-corrected chi connectivity index (χ4v) is 5.12. The van der Waals surface area contributed by atoms with Crippen molar-refractivity contribution in [2.24, 2.45) is 5.73 Å². The van der Waals surface area contributed by atoms with Crippen LogP contribution < -0.4 is 21.7 Å². The van der Waals surface area contributed by atoms with Gasteiger partial charge in [0.05, 0.1) is 12.2 Å². The highest BCUT2D eigenvalue weighted by Crippen LogP contribution is 2.41. The van der Waals surface area contributed by atoms with Crippen LogP contribution in [0.5, 0.6) is 0 Å². The summed E-state index contributed by atoms with van der Waals surface area (Å²) < 4.78 is 16.4. The number of nitrogen functional groups attached to an aromatic ring is 1. The van der Waals surface area contributed by atoms with Crippen LogP contribution >= 0.6 is 11.3 Å². The van der Waals surface area contributed by atoms with Crippen LogP contribution in [0.15, 0.2) is 24.4 Å². The number of thiazole rings is 1. The highest BCUT2D eigenvalue weighted by Gasteiger charge is 2.32. The van der Waals surface area contributed by atoms with Crippen molar-refractivity contribution in [3.8, 4) is 10.6 Å². The average Bonchev–Trinajstić information content (AvgIpc) is 3.49. The fourth-order valence-electron chi connectivity index (χ4n) is 4.27. The number of rotatable bonds is 5. The van der Waals surface area contributed by atoms with Gasteiger partial charge in [-0.3, -0.25) is 4.79 Å². The van der Waals surface area contributed by atoms with Crippen molar-refractivity contribution in [3.05, 3.63) is 41.5 Å². The molecular weight excluding hydrogens is 441 g/mol. The van der Waals surface area contributed by atoms with Crippen molar-refractivity contribution < 1.29 is 9.18 Å². The predicted molar refractivity (Wildman–Crippen MR) is 129 cm³/mol. The summed E-state index contributed by atoms with van der Waals surface area (Å²) in [5.41, 5.74) is 14.3. The molecule has 5 rings (SSSR count). The van der Waals surface area contributed by atoms with Crippen LogP contribution in [0, 0.1) is 12.7 Å². The molecule has 1 saturated heterocycles. The van der Waals surface area contributed by atoms with E-state index in [0.717, 1.165) is 67.9 Å². The van der Waals surface area contributed by atoms with Gasteiger partial charge in [-0.1, -0.05) is 23.0 Å². The van der Waals surface area contributed by atoms with Crippen molar-refractivity contribution >= 4 is 33.8 Å². The van der Waals surface area contributed by atoms with Gasteiger partial charge in [0.15, 0.2) is 11.5 Å². The third kappa shape index (κ3) is 4.45. The molecule has 8 nitrogen and oxygen atoms in total. The summed E-state index contributed by atoms with van der Waals surface area (Å²) in [7, 11) is 0. The molecule has 1 saturated carbocycles. The van der Waals surface area contributed by atoms with Gasteiger partial charge in [0.25, 0.3) is 5.91 Å². The van der Waals surface area contributed by atoms with Crippen molar-refractivity contribution in [1.82, 2.24) is 14.8 Å². The molecule has 3 heterocycles. The van der Waals surface area contributed by atoms with Gasteiger partial charge in [0.2, 0.25) is 0 Å². The Morgan fingerprint density at radius 3 is 2.85 bits per heavy atom. The largest absolute Gasteiger partial charge is 0.389 e. The summed E-state index contributed by atoms with van der Waals surface area (Å²) in [6.07, 6.45) is 6.74. The standard InChI is InChI=1S/C23H28FN7OS/c1-13-4-7-17(24)16(11-13)22-29-19(20(26)33-22)21(32)28-18-12-27-31(15-5-6-15)23(18)30-9-2-3-14(25)8-10-30/h4,7,11-12,14-15H,2-3,5-6,8-10,25-26H2,1H3,(H,28,32)/t14-/m1/s1. The van der Waals surface area contributed by atoms with Gasteiger partial charge in [-0.2, -0.15) is 5.10 Å². The number of aryl methyl sites for hydroxylation is 1. The number of nitrogens with two attached hydrogens (primary N) is 2. The van der Waals surface area contributed by atoms with Crippen molar-refractivity contribution in [2.75, 3.05) is 29.0 Å². The maximum absolute atomic E-state index is 14.3. The minimum absolute atomic E-state index is 0.0962. The molecule has 1 aromatic carbocycles. The minimum Gasteiger partial charge on any atom is -0.389 e. The van der Waals surface area contributed by atoms with Gasteiger partial charge in [-0.15, -0.1) is 0 Å². The minimum atomic E-state index is -0.425. The third-order valence-corrected chi connectivity index (χ3v) is 7.12. The highest BCUT2D eigenvalue weighted by molar-refractivity contribution is 7.19. The third-order valence-electron chi connectivity index (χ3n) is 6.20. The predicted octanol–water partition coefficient (Wildman–Crippen LogP) is 3.94. The molecular formula is C23H28FN7OS. The normalized spacial score (nSPS) is 18.9. The summed E-state index contributed by atoms with van der Waals surface area (Å²) in [4.78, 5) is 19.8. The maximum Gasteiger partial charge on any atom is 0.277 e. The molecule has 3 aromatic rings. The number of amides is 1. The first-order chi connectivity index (χ1) is 15.9. The van der Waals surface area contributed by atoms with Gasteiger partial charge in [0.1, 0.15) is 21.5 Å². The zero-order valence-corrected chi connectivity index (χ0v) is 19.4. The van der Waals surface area contributed by atoms with Crippen LogP contribution in [-0.2, 0) is 0 Å². The molecule has 1 aliphatic heterocycles. The number of carbonyl (C=O) groups is 1. The molecule has 1 atom stereocenters. The second-order valence-electron chi connectivity index (χ2n) is 8.90. The van der Waals surface area contributed by atoms with E-state index in [1.54, 1.807) is 18.3 Å². The molecule has 2 aromatic heterocycles. The van der Waals surface area contributed by atoms with E-state index in [1.165, 1.54) is 6.07 Å². The molecule has 2 fully saturated rings. The van der Waals surface area contributed by atoms with Gasteiger partial charge >= 0.3 is 0 Å². The van der Waals surface area contributed by atoms with Gasteiger partial charge in [-0.25, -0.2) is 14.1 Å². The molecule has 174 valence electrons. The lowest BCUT2D eigenvalue weighted by molar-refractivity contribution is 0.102. The number of halogens is 1. The van der Waals surface area contributed by atoms with Crippen molar-refractivity contribution in [3.63, 3.8) is 0 Å². The molecule has 33 heavy (non-hydrogen) atoms. The first-order valence-corrected chi connectivity index (χ1v) is 12.1. The Hall–Kier alpha value is -2.98. The Kier molecular flexibility index (Phi) is 5.79. The zero-order chi connectivity index (χ0) is 23.1. The summed E-state index contributed by atoms with van der Waals surface area (Å²) >= 11 is 1.11. The first-order valence-electron chi connectivity index (χ1n) is 11.3. The lowest BCUT2D eigenvalue weighted by Gasteiger charge is -2.25. The first kappa shape index (κ1) is 21.8. The van der Waals surface area contributed by atoms with E-state index in [-0.39, 0.29) is 16.7 Å². The molecule has 0 unspecified atom stereocenters. The molecule has 0 radical (unpaired) electrons. The Morgan fingerprint density at radius 1 is 1.24 bits per heavy atom. The van der Waals surface area contributed by atoms with Crippen LogP contribution in [-0.4, -0.2) is 39.8 Å². The van der Waals surface area contributed by atoms with Crippen molar-refractivity contribution in [1.29, 1.82) is 0 Å². The van der Waals surface area contributed by atoms with Crippen LogP contribution in [0.2, 0.25) is 0 Å². The number of aromatic nitrogens is 3. The van der Waals surface area contributed by atoms with Gasteiger partial charge < -0.3 is 21.7 Å². The molecule has 1 aliphatic carbocycles. The van der Waals surface area contributed by atoms with Gasteiger partial charge in [0, 0.05) is 24.7 Å². The second kappa shape index (κ2) is 8.75. The zero-order valence-electron chi connectivity index (χ0n) is 18.6. The Morgan fingerprint density at radius 2 is 2.06 bits per heavy atom. The molecule has 0 bridgehead atoms. The summed E-state index contributed by atoms with van der Waals surface area (Å²) in [6.45, 7) is 3.56. The Balaban J connectivity index is 1.43. The van der Waals surface area contributed by atoms with E-state index in [2.05, 4.69) is 20.3 Å². The van der Waals surface area contributed by atoms with E-state index in [4.69, 9.17) is 11.5 Å². The number of benzene rings is 1. The number of hydrogen-bond donors (Lipinski definition) is 3. The van der Waals surface area contributed by atoms with E-state index in [0.29, 0.717) is 22.3 Å². The second-order valence-corrected chi connectivity index (χ2v) is 9.94. The number of nitrogens with zero attached hydrogens (tertiary/aromatic N) is 4. The lowest BCUT2D eigenvalue weighted by atomic mass is 10.1. The van der Waals surface area contributed by atoms with E-state index in [9.17, 15) is 9.18 Å². The lowest BCUT2D eigenvalue weighted by Crippen LogP contribution is -2.29. The fraction of sp³-hybridized carbons (Fsp3) is 0.435. The number of anilines is 3. The number of carbonyl (C=O) groups excluding carboxylic acids is 1.